The van der Waals surface area contributed by atoms with Gasteiger partial charge in [-0.25, -0.2) is 23.6 Å². The Morgan fingerprint density at radius 2 is 1.66 bits per heavy atom. The number of ether oxygens (including phenoxy) is 3. The number of hydrogen-bond acceptors (Lipinski definition) is 9. The zero-order chi connectivity index (χ0) is 36.1. The van der Waals surface area contributed by atoms with Crippen molar-refractivity contribution < 1.29 is 35.8 Å². The Bertz CT molecular complexity index is 1960. The summed E-state index contributed by atoms with van der Waals surface area (Å²) in [6.45, 7) is 4.18. The molecule has 4 amide bonds. The highest BCUT2D eigenvalue weighted by molar-refractivity contribution is 6.31. The van der Waals surface area contributed by atoms with Crippen LogP contribution in [0.4, 0.5) is 25.4 Å². The van der Waals surface area contributed by atoms with Crippen LogP contribution in [0, 0.1) is 5.82 Å². The lowest BCUT2D eigenvalue weighted by molar-refractivity contribution is -0.133. The number of anilines is 2. The minimum Gasteiger partial charge on any atom is -0.497 e. The second-order valence-corrected chi connectivity index (χ2v) is 11.8. The molecule has 2 heterocycles. The maximum atomic E-state index is 14.3. The molecular formula is C34H41ClFN7O7. The maximum Gasteiger partial charge on any atom is 0.407 e. The molecule has 16 heteroatoms. The minimum atomic E-state index is -0.933. The van der Waals surface area contributed by atoms with Gasteiger partial charge in [0.15, 0.2) is 5.82 Å². The van der Waals surface area contributed by atoms with Crippen LogP contribution in [-0.4, -0.2) is 86.1 Å². The van der Waals surface area contributed by atoms with E-state index in [1.807, 2.05) is 0 Å². The van der Waals surface area contributed by atoms with Gasteiger partial charge in [-0.2, -0.15) is 0 Å². The van der Waals surface area contributed by atoms with E-state index in [0.29, 0.717) is 38.8 Å². The van der Waals surface area contributed by atoms with Crippen LogP contribution in [0.3, 0.4) is 0 Å². The van der Waals surface area contributed by atoms with Crippen molar-refractivity contribution in [3.05, 3.63) is 87.7 Å². The standard InChI is InChI=1S/C34H37ClFN7O7.2H2/c1-20(37-34(47)50-5)31(44)40-14-16-41(17-15-40)43-30(39-27-18-22(35)6-12-26(27)32(43)45)21(2)42(28-13-11-25(48-3)19-29(28)49-4)33(46)38-24-9-7-23(36)8-10-24;;/h6-13,18-21H,14-17H2,1-5H3,(H,37,47)(H,38,46);2*1H/t20-,21?;;/m0../s1. The van der Waals surface area contributed by atoms with E-state index in [9.17, 15) is 23.6 Å². The molecule has 2 N–H and O–H groups in total. The van der Waals surface area contributed by atoms with Crippen molar-refractivity contribution in [1.82, 2.24) is 19.9 Å². The van der Waals surface area contributed by atoms with Crippen LogP contribution in [0.5, 0.6) is 11.5 Å². The highest BCUT2D eigenvalue weighted by atomic mass is 35.5. The molecule has 5 rings (SSSR count). The summed E-state index contributed by atoms with van der Waals surface area (Å²) in [4.78, 5) is 61.1. The van der Waals surface area contributed by atoms with Crippen molar-refractivity contribution in [2.45, 2.75) is 25.9 Å². The van der Waals surface area contributed by atoms with Gasteiger partial charge < -0.3 is 34.8 Å². The summed E-state index contributed by atoms with van der Waals surface area (Å²) in [6, 6.07) is 12.6. The summed E-state index contributed by atoms with van der Waals surface area (Å²) in [5.41, 5.74) is 0.565. The zero-order valence-electron chi connectivity index (χ0n) is 28.1. The van der Waals surface area contributed by atoms with Gasteiger partial charge >= 0.3 is 12.1 Å². The monoisotopic (exact) mass is 713 g/mol. The fourth-order valence-electron chi connectivity index (χ4n) is 5.71. The topological polar surface area (TPSA) is 148 Å². The third kappa shape index (κ3) is 7.52. The molecule has 1 fully saturated rings. The number of aromatic nitrogens is 2. The summed E-state index contributed by atoms with van der Waals surface area (Å²) >= 11 is 6.32. The lowest BCUT2D eigenvalue weighted by Crippen LogP contribution is -2.59. The Morgan fingerprint density at radius 3 is 2.30 bits per heavy atom. The molecule has 0 radical (unpaired) electrons. The highest BCUT2D eigenvalue weighted by Crippen LogP contribution is 2.37. The van der Waals surface area contributed by atoms with Crippen LogP contribution in [0.2, 0.25) is 5.02 Å². The number of rotatable bonds is 9. The second-order valence-electron chi connectivity index (χ2n) is 11.4. The van der Waals surface area contributed by atoms with Crippen LogP contribution < -0.4 is 35.6 Å². The van der Waals surface area contributed by atoms with Gasteiger partial charge in [-0.3, -0.25) is 14.5 Å². The Labute approximate surface area is 295 Å². The van der Waals surface area contributed by atoms with Crippen molar-refractivity contribution in [1.29, 1.82) is 0 Å². The SMILES string of the molecule is COC(=O)N[C@@H](C)C(=O)N1CCN(n2c(C(C)N(C(=O)Nc3ccc(F)cc3)c3ccc(OC)cc3OC)nc3cc(Cl)ccc3c2=O)CC1.[HH].[HH]. The normalized spacial score (nSPS) is 14.1. The van der Waals surface area contributed by atoms with Gasteiger partial charge in [0.2, 0.25) is 5.91 Å². The van der Waals surface area contributed by atoms with Gasteiger partial charge in [0.25, 0.3) is 5.56 Å². The number of nitrogens with one attached hydrogen (secondary N) is 2. The molecule has 1 unspecified atom stereocenters. The average molecular weight is 714 g/mol. The van der Waals surface area contributed by atoms with Gasteiger partial charge in [0, 0.05) is 32.7 Å². The van der Waals surface area contributed by atoms with E-state index < -0.39 is 35.6 Å². The third-order valence-corrected chi connectivity index (χ3v) is 8.53. The first-order valence-electron chi connectivity index (χ1n) is 15.6. The number of amides is 4. The molecule has 1 aliphatic heterocycles. The van der Waals surface area contributed by atoms with Crippen molar-refractivity contribution in [3.8, 4) is 11.5 Å². The number of piperazine rings is 1. The van der Waals surface area contributed by atoms with E-state index in [1.165, 1.54) is 55.2 Å². The average Bonchev–Trinajstić information content (AvgIpc) is 3.12. The Hall–Kier alpha value is -5.57. The molecule has 1 saturated heterocycles. The molecule has 2 atom stereocenters. The Kier molecular flexibility index (Phi) is 11.0. The molecule has 14 nitrogen and oxygen atoms in total. The number of nitrogens with zero attached hydrogens (tertiary/aromatic N) is 5. The third-order valence-electron chi connectivity index (χ3n) is 8.30. The molecule has 268 valence electrons. The van der Waals surface area contributed by atoms with E-state index in [2.05, 4.69) is 15.4 Å². The number of urea groups is 1. The molecule has 3 aromatic carbocycles. The first-order chi connectivity index (χ1) is 23.9. The molecular weight excluding hydrogens is 673 g/mol. The van der Waals surface area contributed by atoms with Crippen LogP contribution in [0.15, 0.2) is 65.5 Å². The van der Waals surface area contributed by atoms with Gasteiger partial charge in [0.1, 0.15) is 23.4 Å². The number of methoxy groups -OCH3 is 3. The smallest absolute Gasteiger partial charge is 0.407 e. The Morgan fingerprint density at radius 1 is 0.960 bits per heavy atom. The maximum absolute atomic E-state index is 14.3. The number of benzene rings is 3. The number of hydrogen-bond donors (Lipinski definition) is 2. The predicted octanol–water partition coefficient (Wildman–Crippen LogP) is 5.02. The summed E-state index contributed by atoms with van der Waals surface area (Å²) in [6.07, 6.45) is -0.724. The first-order valence-corrected chi connectivity index (χ1v) is 16.0. The molecule has 0 aliphatic carbocycles. The minimum absolute atomic E-state index is 0. The number of carbonyl (C=O) groups excluding carboxylic acids is 3. The summed E-state index contributed by atoms with van der Waals surface area (Å²) in [5.74, 6) is 0.194. The predicted molar refractivity (Wildman–Crippen MR) is 191 cm³/mol. The first kappa shape index (κ1) is 35.7. The lowest BCUT2D eigenvalue weighted by atomic mass is 10.1. The van der Waals surface area contributed by atoms with Gasteiger partial charge in [0.05, 0.1) is 57.1 Å². The van der Waals surface area contributed by atoms with Crippen molar-refractivity contribution in [3.63, 3.8) is 0 Å². The van der Waals surface area contributed by atoms with Crippen LogP contribution in [-0.2, 0) is 9.53 Å². The number of halogens is 2. The van der Waals surface area contributed by atoms with E-state index in [-0.39, 0.29) is 40.8 Å². The number of fused-ring (bicyclic) bond motifs is 1. The van der Waals surface area contributed by atoms with Crippen molar-refractivity contribution in [2.24, 2.45) is 0 Å². The molecule has 1 aromatic heterocycles. The Balaban J connectivity index is 0.00000364. The van der Waals surface area contributed by atoms with Crippen LogP contribution >= 0.6 is 11.6 Å². The number of carbonyl (C=O) groups is 3. The lowest BCUT2D eigenvalue weighted by Gasteiger charge is -2.39. The molecule has 0 spiro atoms. The highest BCUT2D eigenvalue weighted by Gasteiger charge is 2.33. The fourth-order valence-corrected chi connectivity index (χ4v) is 5.87. The summed E-state index contributed by atoms with van der Waals surface area (Å²) in [5, 5.41) is 7.71. The summed E-state index contributed by atoms with van der Waals surface area (Å²) < 4.78 is 30.8. The summed E-state index contributed by atoms with van der Waals surface area (Å²) in [7, 11) is 4.17. The zero-order valence-corrected chi connectivity index (χ0v) is 28.9. The van der Waals surface area contributed by atoms with Crippen molar-refractivity contribution in [2.75, 3.05) is 62.7 Å². The van der Waals surface area contributed by atoms with Gasteiger partial charge in [-0.1, -0.05) is 11.6 Å². The van der Waals surface area contributed by atoms with E-state index in [0.717, 1.165) is 0 Å². The molecule has 1 aliphatic rings. The van der Waals surface area contributed by atoms with Gasteiger partial charge in [-0.15, -0.1) is 0 Å². The number of alkyl carbamates (subject to hydrolysis) is 1. The van der Waals surface area contributed by atoms with Gasteiger partial charge in [-0.05, 0) is 68.4 Å². The molecule has 0 saturated carbocycles. The van der Waals surface area contributed by atoms with Crippen molar-refractivity contribution >= 4 is 51.9 Å². The van der Waals surface area contributed by atoms with E-state index in [1.54, 1.807) is 60.2 Å². The van der Waals surface area contributed by atoms with E-state index in [4.69, 9.17) is 26.1 Å². The molecule has 0 bridgehead atoms. The van der Waals surface area contributed by atoms with Crippen LogP contribution in [0.25, 0.3) is 10.9 Å². The van der Waals surface area contributed by atoms with E-state index >= 15 is 0 Å². The molecule has 50 heavy (non-hydrogen) atoms. The quantitative estimate of drug-likeness (QED) is 0.244. The molecule has 4 aromatic rings. The second kappa shape index (κ2) is 15.3. The largest absolute Gasteiger partial charge is 0.497 e. The van der Waals surface area contributed by atoms with Crippen LogP contribution in [0.1, 0.15) is 28.6 Å². The fraction of sp³-hybridized carbons (Fsp3) is 0.324.